The third kappa shape index (κ3) is 4.88. The molecule has 8 nitrogen and oxygen atoms in total. The van der Waals surface area contributed by atoms with Gasteiger partial charge in [0, 0.05) is 13.1 Å². The standard InChI is InChI=1S/C25H25N5O3/c31-24(26-28-29-14-16-32-17-15-29)21-11-5-7-13-23(21)33-25-20-10-4-6-12-22(20)30(27-25)18-19-8-2-1-3-9-19/h1-13,28H,14-18H2,(H,26,31). The Morgan fingerprint density at radius 2 is 1.67 bits per heavy atom. The molecule has 8 heteroatoms. The molecule has 1 aromatic heterocycles. The van der Waals surface area contributed by atoms with E-state index in [1.807, 2.05) is 64.3 Å². The maximum Gasteiger partial charge on any atom is 0.270 e. The molecular formula is C25H25N5O3. The van der Waals surface area contributed by atoms with E-state index in [4.69, 9.17) is 14.6 Å². The quantitative estimate of drug-likeness (QED) is 0.427. The molecule has 1 fully saturated rings. The molecule has 0 saturated carbocycles. The summed E-state index contributed by atoms with van der Waals surface area (Å²) in [4.78, 5) is 12.9. The van der Waals surface area contributed by atoms with E-state index in [0.717, 1.165) is 16.5 Å². The number of nitrogens with zero attached hydrogens (tertiary/aromatic N) is 3. The normalized spacial score (nSPS) is 14.3. The highest BCUT2D eigenvalue weighted by molar-refractivity contribution is 5.97. The molecule has 4 aromatic rings. The second kappa shape index (κ2) is 9.83. The molecule has 0 aliphatic carbocycles. The smallest absolute Gasteiger partial charge is 0.270 e. The highest BCUT2D eigenvalue weighted by Crippen LogP contribution is 2.31. The van der Waals surface area contributed by atoms with Crippen molar-refractivity contribution >= 4 is 16.8 Å². The van der Waals surface area contributed by atoms with E-state index in [-0.39, 0.29) is 5.91 Å². The first-order valence-electron chi connectivity index (χ1n) is 10.9. The molecule has 0 unspecified atom stereocenters. The van der Waals surface area contributed by atoms with E-state index >= 15 is 0 Å². The van der Waals surface area contributed by atoms with Crippen molar-refractivity contribution in [1.82, 2.24) is 25.7 Å². The van der Waals surface area contributed by atoms with Crippen molar-refractivity contribution in [1.29, 1.82) is 0 Å². The lowest BCUT2D eigenvalue weighted by Crippen LogP contribution is -2.53. The second-order valence-electron chi connectivity index (χ2n) is 7.73. The van der Waals surface area contributed by atoms with Gasteiger partial charge in [0.05, 0.1) is 36.2 Å². The van der Waals surface area contributed by atoms with Crippen molar-refractivity contribution in [2.75, 3.05) is 26.3 Å². The van der Waals surface area contributed by atoms with Gasteiger partial charge < -0.3 is 9.47 Å². The monoisotopic (exact) mass is 443 g/mol. The van der Waals surface area contributed by atoms with E-state index < -0.39 is 0 Å². The van der Waals surface area contributed by atoms with Gasteiger partial charge in [0.25, 0.3) is 5.91 Å². The number of ether oxygens (including phenoxy) is 2. The minimum atomic E-state index is -0.287. The lowest BCUT2D eigenvalue weighted by atomic mass is 10.2. The highest BCUT2D eigenvalue weighted by Gasteiger charge is 2.18. The summed E-state index contributed by atoms with van der Waals surface area (Å²) in [5.74, 6) is 0.613. The van der Waals surface area contributed by atoms with Gasteiger partial charge in [0.1, 0.15) is 5.75 Å². The molecule has 1 amide bonds. The van der Waals surface area contributed by atoms with Crippen LogP contribution in [0.2, 0.25) is 0 Å². The van der Waals surface area contributed by atoms with Gasteiger partial charge >= 0.3 is 0 Å². The number of nitrogens with one attached hydrogen (secondary N) is 2. The van der Waals surface area contributed by atoms with Crippen LogP contribution in [0.1, 0.15) is 15.9 Å². The van der Waals surface area contributed by atoms with Crippen LogP contribution >= 0.6 is 0 Å². The van der Waals surface area contributed by atoms with Crippen LogP contribution in [0, 0.1) is 0 Å². The van der Waals surface area contributed by atoms with Gasteiger partial charge in [0.15, 0.2) is 0 Å². The zero-order valence-corrected chi connectivity index (χ0v) is 18.1. The van der Waals surface area contributed by atoms with Gasteiger partial charge in [-0.05, 0) is 29.8 Å². The zero-order chi connectivity index (χ0) is 22.5. The summed E-state index contributed by atoms with van der Waals surface area (Å²) in [6.45, 7) is 3.27. The summed E-state index contributed by atoms with van der Waals surface area (Å²) in [5, 5.41) is 7.52. The van der Waals surface area contributed by atoms with Gasteiger partial charge in [-0.25, -0.2) is 5.01 Å². The number of morpholine rings is 1. The van der Waals surface area contributed by atoms with Gasteiger partial charge in [0.2, 0.25) is 5.88 Å². The fraction of sp³-hybridized carbons (Fsp3) is 0.200. The summed E-state index contributed by atoms with van der Waals surface area (Å²) >= 11 is 0. The van der Waals surface area contributed by atoms with Gasteiger partial charge in [-0.15, -0.1) is 5.10 Å². The maximum atomic E-state index is 12.9. The van der Waals surface area contributed by atoms with E-state index in [1.54, 1.807) is 12.1 Å². The molecule has 33 heavy (non-hydrogen) atoms. The molecule has 0 bridgehead atoms. The largest absolute Gasteiger partial charge is 0.436 e. The molecule has 5 rings (SSSR count). The SMILES string of the molecule is O=C(NNN1CCOCC1)c1ccccc1Oc1nn(Cc2ccccc2)c2ccccc12. The lowest BCUT2D eigenvalue weighted by Gasteiger charge is -2.27. The number of hydrogen-bond donors (Lipinski definition) is 2. The van der Waals surface area contributed by atoms with Crippen LogP contribution in [0.5, 0.6) is 11.6 Å². The predicted octanol–water partition coefficient (Wildman–Crippen LogP) is 3.36. The van der Waals surface area contributed by atoms with Gasteiger partial charge in [-0.2, -0.15) is 5.53 Å². The van der Waals surface area contributed by atoms with E-state index in [2.05, 4.69) is 23.1 Å². The fourth-order valence-corrected chi connectivity index (χ4v) is 3.77. The first-order valence-corrected chi connectivity index (χ1v) is 10.9. The highest BCUT2D eigenvalue weighted by atomic mass is 16.5. The van der Waals surface area contributed by atoms with Crippen molar-refractivity contribution < 1.29 is 14.3 Å². The number of para-hydroxylation sites is 2. The Morgan fingerprint density at radius 3 is 2.52 bits per heavy atom. The molecule has 0 radical (unpaired) electrons. The minimum Gasteiger partial charge on any atom is -0.436 e. The van der Waals surface area contributed by atoms with Gasteiger partial charge in [-0.1, -0.05) is 54.6 Å². The predicted molar refractivity (Wildman–Crippen MR) is 125 cm³/mol. The molecule has 0 atom stereocenters. The van der Waals surface area contributed by atoms with Crippen LogP contribution in [0.3, 0.4) is 0 Å². The van der Waals surface area contributed by atoms with Crippen LogP contribution < -0.4 is 15.7 Å². The Hall–Kier alpha value is -3.72. The first kappa shape index (κ1) is 21.1. The topological polar surface area (TPSA) is 80.7 Å². The Morgan fingerprint density at radius 1 is 0.939 bits per heavy atom. The van der Waals surface area contributed by atoms with Crippen LogP contribution in [0.4, 0.5) is 0 Å². The van der Waals surface area contributed by atoms with Crippen molar-refractivity contribution in [2.45, 2.75) is 6.54 Å². The van der Waals surface area contributed by atoms with Crippen LogP contribution in [-0.4, -0.2) is 47.0 Å². The molecule has 2 heterocycles. The summed E-state index contributed by atoms with van der Waals surface area (Å²) < 4.78 is 13.4. The second-order valence-corrected chi connectivity index (χ2v) is 7.73. The van der Waals surface area contributed by atoms with Crippen molar-refractivity contribution in [3.8, 4) is 11.6 Å². The molecule has 1 aliphatic heterocycles. The molecule has 3 aromatic carbocycles. The Labute approximate surface area is 191 Å². The number of benzene rings is 3. The third-order valence-electron chi connectivity index (χ3n) is 5.48. The van der Waals surface area contributed by atoms with Crippen LogP contribution in [-0.2, 0) is 11.3 Å². The molecule has 0 spiro atoms. The van der Waals surface area contributed by atoms with Crippen LogP contribution in [0.25, 0.3) is 10.9 Å². The average molecular weight is 444 g/mol. The van der Waals surface area contributed by atoms with Crippen LogP contribution in [0.15, 0.2) is 78.9 Å². The number of aromatic nitrogens is 2. The maximum absolute atomic E-state index is 12.9. The first-order chi connectivity index (χ1) is 16.3. The summed E-state index contributed by atoms with van der Waals surface area (Å²) in [6, 6.07) is 25.2. The number of fused-ring (bicyclic) bond motifs is 1. The number of amides is 1. The summed E-state index contributed by atoms with van der Waals surface area (Å²) in [6.07, 6.45) is 0. The zero-order valence-electron chi connectivity index (χ0n) is 18.1. The molecule has 2 N–H and O–H groups in total. The van der Waals surface area contributed by atoms with E-state index in [0.29, 0.717) is 50.0 Å². The van der Waals surface area contributed by atoms with E-state index in [9.17, 15) is 4.79 Å². The van der Waals surface area contributed by atoms with E-state index in [1.165, 1.54) is 0 Å². The molecule has 1 aliphatic rings. The number of hydrazine groups is 2. The third-order valence-corrected chi connectivity index (χ3v) is 5.48. The minimum absolute atomic E-state index is 0.287. The molecular weight excluding hydrogens is 418 g/mol. The number of carbonyl (C=O) groups excluding carboxylic acids is 1. The lowest BCUT2D eigenvalue weighted by molar-refractivity contribution is 0.00220. The molecule has 1 saturated heterocycles. The number of rotatable bonds is 7. The number of hydrogen-bond acceptors (Lipinski definition) is 6. The van der Waals surface area contributed by atoms with Gasteiger partial charge in [-0.3, -0.25) is 14.9 Å². The Balaban J connectivity index is 1.38. The summed E-state index contributed by atoms with van der Waals surface area (Å²) in [5.41, 5.74) is 8.22. The summed E-state index contributed by atoms with van der Waals surface area (Å²) in [7, 11) is 0. The van der Waals surface area contributed by atoms with Crippen molar-refractivity contribution in [2.24, 2.45) is 0 Å². The van der Waals surface area contributed by atoms with Crippen molar-refractivity contribution in [3.63, 3.8) is 0 Å². The molecule has 168 valence electrons. The Bertz CT molecular complexity index is 1240. The number of carbonyl (C=O) groups is 1. The Kier molecular flexibility index (Phi) is 6.30. The average Bonchev–Trinajstić information content (AvgIpc) is 3.21. The fourth-order valence-electron chi connectivity index (χ4n) is 3.77. The van der Waals surface area contributed by atoms with Crippen molar-refractivity contribution in [3.05, 3.63) is 90.0 Å².